The maximum absolute atomic E-state index is 13.5. The average molecular weight is 429 g/mol. The molecule has 0 saturated carbocycles. The Kier molecular flexibility index (Phi) is 6.23. The van der Waals surface area contributed by atoms with Crippen LogP contribution in [0, 0.1) is 0 Å². The normalized spacial score (nSPS) is 17.4. The fourth-order valence-corrected chi connectivity index (χ4v) is 4.44. The van der Waals surface area contributed by atoms with Gasteiger partial charge in [0, 0.05) is 35.1 Å². The minimum atomic E-state index is -0.149. The summed E-state index contributed by atoms with van der Waals surface area (Å²) in [5.74, 6) is 5.45. The minimum Gasteiger partial charge on any atom is -0.324 e. The fourth-order valence-electron chi connectivity index (χ4n) is 4.44. The quantitative estimate of drug-likeness (QED) is 0.448. The maximum atomic E-state index is 13.5. The van der Waals surface area contributed by atoms with Gasteiger partial charge >= 0.3 is 0 Å². The maximum Gasteiger partial charge on any atom is 0.258 e. The summed E-state index contributed by atoms with van der Waals surface area (Å²) in [4.78, 5) is 30.3. The Bertz CT molecular complexity index is 1100. The van der Waals surface area contributed by atoms with Gasteiger partial charge in [-0.2, -0.15) is 0 Å². The van der Waals surface area contributed by atoms with Gasteiger partial charge in [0.25, 0.3) is 5.91 Å². The number of hydrogen-bond donors (Lipinski definition) is 2. The predicted octanol–water partition coefficient (Wildman–Crippen LogP) is 4.90. The number of hydrogen-bond acceptors (Lipinski definition) is 4. The highest BCUT2D eigenvalue weighted by atomic mass is 16.2. The van der Waals surface area contributed by atoms with E-state index in [4.69, 9.17) is 5.84 Å². The molecule has 3 aromatic rings. The molecule has 1 heterocycles. The van der Waals surface area contributed by atoms with E-state index in [-0.39, 0.29) is 23.9 Å². The Balaban J connectivity index is 1.76. The summed E-state index contributed by atoms with van der Waals surface area (Å²) in [6.45, 7) is 3.92. The zero-order valence-electron chi connectivity index (χ0n) is 18.4. The van der Waals surface area contributed by atoms with Crippen LogP contribution in [0.15, 0.2) is 78.9 Å². The second kappa shape index (κ2) is 9.24. The van der Waals surface area contributed by atoms with E-state index in [0.29, 0.717) is 18.4 Å². The largest absolute Gasteiger partial charge is 0.324 e. The molecule has 1 aliphatic heterocycles. The van der Waals surface area contributed by atoms with Crippen molar-refractivity contribution in [2.24, 2.45) is 5.84 Å². The van der Waals surface area contributed by atoms with Crippen LogP contribution in [0.2, 0.25) is 0 Å². The molecule has 6 nitrogen and oxygen atoms in total. The number of nitrogens with one attached hydrogen (secondary N) is 1. The first kappa shape index (κ1) is 21.6. The predicted molar refractivity (Wildman–Crippen MR) is 129 cm³/mol. The summed E-state index contributed by atoms with van der Waals surface area (Å²) in [6.07, 6.45) is 1.05. The molecule has 0 fully saturated rings. The van der Waals surface area contributed by atoms with Crippen molar-refractivity contribution in [3.63, 3.8) is 0 Å². The molecule has 3 N–H and O–H groups in total. The van der Waals surface area contributed by atoms with Crippen molar-refractivity contribution in [3.05, 3.63) is 90.0 Å². The Morgan fingerprint density at radius 3 is 2.31 bits per heavy atom. The van der Waals surface area contributed by atoms with Gasteiger partial charge in [0.15, 0.2) is 0 Å². The number of fused-ring (bicyclic) bond motifs is 1. The Morgan fingerprint density at radius 2 is 1.66 bits per heavy atom. The molecule has 1 aliphatic rings. The van der Waals surface area contributed by atoms with Crippen LogP contribution < -0.4 is 21.1 Å². The van der Waals surface area contributed by atoms with Crippen LogP contribution in [-0.4, -0.2) is 17.9 Å². The van der Waals surface area contributed by atoms with Gasteiger partial charge in [0.1, 0.15) is 0 Å². The summed E-state index contributed by atoms with van der Waals surface area (Å²) in [5.41, 5.74) is 6.60. The van der Waals surface area contributed by atoms with E-state index in [0.717, 1.165) is 22.6 Å². The lowest BCUT2D eigenvalue weighted by Crippen LogP contribution is -2.47. The van der Waals surface area contributed by atoms with Crippen LogP contribution in [0.5, 0.6) is 0 Å². The highest BCUT2D eigenvalue weighted by molar-refractivity contribution is 6.07. The summed E-state index contributed by atoms with van der Waals surface area (Å²) in [6, 6.07) is 24.5. The first-order chi connectivity index (χ1) is 15.5. The molecule has 0 spiro atoms. The molecule has 0 saturated heterocycles. The first-order valence-electron chi connectivity index (χ1n) is 10.9. The molecule has 2 atom stereocenters. The van der Waals surface area contributed by atoms with Gasteiger partial charge in [-0.15, -0.1) is 0 Å². The van der Waals surface area contributed by atoms with Crippen LogP contribution in [0.1, 0.15) is 48.7 Å². The van der Waals surface area contributed by atoms with Crippen LogP contribution in [0.25, 0.3) is 0 Å². The molecule has 0 radical (unpaired) electrons. The van der Waals surface area contributed by atoms with Crippen molar-refractivity contribution in [2.45, 2.75) is 38.8 Å². The van der Waals surface area contributed by atoms with Crippen molar-refractivity contribution < 1.29 is 9.59 Å². The van der Waals surface area contributed by atoms with E-state index in [1.165, 1.54) is 0 Å². The van der Waals surface area contributed by atoms with Crippen molar-refractivity contribution in [2.75, 3.05) is 15.2 Å². The first-order valence-corrected chi connectivity index (χ1v) is 10.9. The number of carbonyl (C=O) groups is 2. The number of nitrogen functional groups attached to an aromatic ring is 1. The van der Waals surface area contributed by atoms with Gasteiger partial charge in [0.2, 0.25) is 5.91 Å². The van der Waals surface area contributed by atoms with E-state index >= 15 is 0 Å². The van der Waals surface area contributed by atoms with Gasteiger partial charge in [-0.3, -0.25) is 15.4 Å². The Morgan fingerprint density at radius 1 is 1.00 bits per heavy atom. The molecular formula is C26H28N4O2. The fraction of sp³-hybridized carbons (Fsp3) is 0.231. The summed E-state index contributed by atoms with van der Waals surface area (Å²) < 4.78 is 0. The van der Waals surface area contributed by atoms with Gasteiger partial charge in [-0.1, -0.05) is 43.3 Å². The highest BCUT2D eigenvalue weighted by Gasteiger charge is 2.38. The number of carbonyl (C=O) groups excluding carboxylic acids is 2. The second-order valence-corrected chi connectivity index (χ2v) is 8.01. The molecule has 2 amide bonds. The Hall–Kier alpha value is -3.64. The number of benzene rings is 3. The lowest BCUT2D eigenvalue weighted by atomic mass is 9.89. The number of nitrogens with two attached hydrogens (primary N) is 1. The molecule has 164 valence electrons. The molecule has 6 heteroatoms. The topological polar surface area (TPSA) is 78.7 Å². The lowest BCUT2D eigenvalue weighted by Gasteiger charge is -2.43. The molecule has 0 aromatic heterocycles. The van der Waals surface area contributed by atoms with E-state index in [1.807, 2.05) is 78.2 Å². The van der Waals surface area contributed by atoms with E-state index < -0.39 is 0 Å². The number of para-hydroxylation sites is 2. The van der Waals surface area contributed by atoms with Crippen molar-refractivity contribution >= 4 is 28.9 Å². The number of rotatable bonds is 5. The van der Waals surface area contributed by atoms with Gasteiger partial charge < -0.3 is 15.2 Å². The highest BCUT2D eigenvalue weighted by Crippen LogP contribution is 2.42. The van der Waals surface area contributed by atoms with Crippen molar-refractivity contribution in [1.29, 1.82) is 0 Å². The molecule has 4 rings (SSSR count). The molecule has 3 aromatic carbocycles. The third kappa shape index (κ3) is 3.97. The lowest BCUT2D eigenvalue weighted by molar-refractivity contribution is -0.118. The molecule has 0 unspecified atom stereocenters. The second-order valence-electron chi connectivity index (χ2n) is 8.01. The number of hydrazine groups is 1. The van der Waals surface area contributed by atoms with Crippen molar-refractivity contribution in [3.8, 4) is 0 Å². The average Bonchev–Trinajstić information content (AvgIpc) is 2.84. The van der Waals surface area contributed by atoms with Gasteiger partial charge in [-0.05, 0) is 61.4 Å². The van der Waals surface area contributed by atoms with E-state index in [2.05, 4.69) is 5.43 Å². The monoisotopic (exact) mass is 428 g/mol. The third-order valence-corrected chi connectivity index (χ3v) is 5.99. The number of amides is 2. The van der Waals surface area contributed by atoms with Crippen molar-refractivity contribution in [1.82, 2.24) is 0 Å². The Labute approximate surface area is 188 Å². The number of nitrogens with zero attached hydrogens (tertiary/aromatic N) is 2. The summed E-state index contributed by atoms with van der Waals surface area (Å²) >= 11 is 0. The van der Waals surface area contributed by atoms with Crippen LogP contribution in [-0.2, 0) is 4.79 Å². The standard InChI is InChI=1S/C26H28N4O2/c1-3-25(31)30(21-9-5-4-6-10-21)24-17-18(2)29(23-12-8-7-11-22(23)24)26(32)19-13-15-20(28-27)16-14-19/h4-16,18,24,28H,3,17,27H2,1-2H3/t18-,24+/m1/s1. The number of anilines is 3. The van der Waals surface area contributed by atoms with Crippen LogP contribution in [0.3, 0.4) is 0 Å². The zero-order valence-corrected chi connectivity index (χ0v) is 18.4. The van der Waals surface area contributed by atoms with Gasteiger partial charge in [0.05, 0.1) is 6.04 Å². The van der Waals surface area contributed by atoms with Crippen LogP contribution in [0.4, 0.5) is 17.1 Å². The summed E-state index contributed by atoms with van der Waals surface area (Å²) in [5, 5.41) is 0. The zero-order chi connectivity index (χ0) is 22.7. The SMILES string of the molecule is CCC(=O)N(c1ccccc1)[C@H]1C[C@@H](C)N(C(=O)c2ccc(NN)cc2)c2ccccc21. The van der Waals surface area contributed by atoms with Crippen LogP contribution >= 0.6 is 0 Å². The molecule has 32 heavy (non-hydrogen) atoms. The summed E-state index contributed by atoms with van der Waals surface area (Å²) in [7, 11) is 0. The molecule has 0 aliphatic carbocycles. The molecular weight excluding hydrogens is 400 g/mol. The minimum absolute atomic E-state index is 0.0628. The van der Waals surface area contributed by atoms with E-state index in [1.54, 1.807) is 24.3 Å². The van der Waals surface area contributed by atoms with Gasteiger partial charge in [-0.25, -0.2) is 0 Å². The van der Waals surface area contributed by atoms with E-state index in [9.17, 15) is 9.59 Å². The molecule has 0 bridgehead atoms. The smallest absolute Gasteiger partial charge is 0.258 e. The third-order valence-electron chi connectivity index (χ3n) is 5.99.